The summed E-state index contributed by atoms with van der Waals surface area (Å²) in [6.45, 7) is 0.659. The lowest BCUT2D eigenvalue weighted by Crippen LogP contribution is -2.22. The van der Waals surface area contributed by atoms with Crippen molar-refractivity contribution in [3.63, 3.8) is 0 Å². The number of hydrogen-bond donors (Lipinski definition) is 1. The van der Waals surface area contributed by atoms with E-state index in [-0.39, 0.29) is 12.3 Å². The molecule has 1 aromatic carbocycles. The zero-order valence-electron chi connectivity index (χ0n) is 14.2. The maximum atomic E-state index is 12.5. The van der Waals surface area contributed by atoms with Gasteiger partial charge in [0, 0.05) is 18.2 Å². The van der Waals surface area contributed by atoms with E-state index in [1.165, 1.54) is 12.1 Å². The number of benzene rings is 1. The summed E-state index contributed by atoms with van der Waals surface area (Å²) in [5.41, 5.74) is 1.30. The number of hydrogen-bond acceptors (Lipinski definition) is 2. The van der Waals surface area contributed by atoms with Gasteiger partial charge in [-0.2, -0.15) is 13.2 Å². The molecule has 0 amide bonds. The molecule has 25 heavy (non-hydrogen) atoms. The minimum absolute atomic E-state index is 0.0705. The number of alkyl halides is 3. The van der Waals surface area contributed by atoms with Gasteiger partial charge in [-0.15, -0.1) is 0 Å². The molecule has 1 unspecified atom stereocenters. The van der Waals surface area contributed by atoms with Crippen molar-refractivity contribution in [1.82, 2.24) is 0 Å². The summed E-state index contributed by atoms with van der Waals surface area (Å²) < 4.78 is 37.5. The van der Waals surface area contributed by atoms with Crippen molar-refractivity contribution in [1.29, 1.82) is 0 Å². The van der Waals surface area contributed by atoms with Crippen molar-refractivity contribution >= 4 is 11.7 Å². The Balaban J connectivity index is 1.75. The second-order valence-corrected chi connectivity index (χ2v) is 6.57. The molecular formula is C19H24F3NO2. The van der Waals surface area contributed by atoms with Gasteiger partial charge in [0.25, 0.3) is 0 Å². The first kappa shape index (κ1) is 19.5. The van der Waals surface area contributed by atoms with Crippen LogP contribution in [0.1, 0.15) is 56.1 Å². The van der Waals surface area contributed by atoms with Crippen LogP contribution in [0, 0.1) is 5.92 Å². The molecule has 0 radical (unpaired) electrons. The Morgan fingerprint density at radius 3 is 2.52 bits per heavy atom. The van der Waals surface area contributed by atoms with Crippen LogP contribution in [0.5, 0.6) is 0 Å². The van der Waals surface area contributed by atoms with Gasteiger partial charge < -0.3 is 5.11 Å². The normalized spacial score (nSPS) is 20.0. The van der Waals surface area contributed by atoms with Crippen LogP contribution in [0.2, 0.25) is 0 Å². The van der Waals surface area contributed by atoms with Crippen LogP contribution in [0.25, 0.3) is 0 Å². The van der Waals surface area contributed by atoms with Crippen LogP contribution in [-0.4, -0.2) is 23.3 Å². The third-order valence-corrected chi connectivity index (χ3v) is 4.60. The van der Waals surface area contributed by atoms with E-state index in [0.29, 0.717) is 6.54 Å². The van der Waals surface area contributed by atoms with Crippen LogP contribution >= 0.6 is 0 Å². The molecule has 0 heterocycles. The molecule has 0 aromatic heterocycles. The standard InChI is InChI=1S/C19H24F3NO2/c20-19(21,22)16-10-8-14(9-11-16)5-3-4-12-23-17-7-2-1-6-15(17)13-18(24)25/h8-11,15H,1-7,12-13H2,(H,24,25)/b23-17+. The second kappa shape index (κ2) is 9.02. The molecule has 1 aliphatic carbocycles. The van der Waals surface area contributed by atoms with E-state index < -0.39 is 17.7 Å². The summed E-state index contributed by atoms with van der Waals surface area (Å²) in [6, 6.07) is 5.29. The highest BCUT2D eigenvalue weighted by Gasteiger charge is 2.29. The van der Waals surface area contributed by atoms with E-state index >= 15 is 0 Å². The van der Waals surface area contributed by atoms with E-state index in [1.807, 2.05) is 0 Å². The van der Waals surface area contributed by atoms with Crippen LogP contribution < -0.4 is 0 Å². The summed E-state index contributed by atoms with van der Waals surface area (Å²) in [5, 5.41) is 8.96. The van der Waals surface area contributed by atoms with Gasteiger partial charge in [0.2, 0.25) is 0 Å². The Labute approximate surface area is 146 Å². The number of unbranched alkanes of at least 4 members (excludes halogenated alkanes) is 1. The number of carboxylic acids is 1. The minimum atomic E-state index is -4.29. The lowest BCUT2D eigenvalue weighted by Gasteiger charge is -2.22. The maximum Gasteiger partial charge on any atom is 0.416 e. The molecular weight excluding hydrogens is 331 g/mol. The molecule has 1 atom stereocenters. The number of aliphatic imine (C=N–C) groups is 1. The van der Waals surface area contributed by atoms with Crippen molar-refractivity contribution in [2.75, 3.05) is 6.54 Å². The molecule has 3 nitrogen and oxygen atoms in total. The quantitative estimate of drug-likeness (QED) is 0.689. The van der Waals surface area contributed by atoms with E-state index in [9.17, 15) is 18.0 Å². The average Bonchev–Trinajstić information content (AvgIpc) is 2.55. The molecule has 1 N–H and O–H groups in total. The van der Waals surface area contributed by atoms with Crippen molar-refractivity contribution < 1.29 is 23.1 Å². The van der Waals surface area contributed by atoms with Gasteiger partial charge in [0.05, 0.1) is 12.0 Å². The maximum absolute atomic E-state index is 12.5. The highest BCUT2D eigenvalue weighted by Crippen LogP contribution is 2.29. The monoisotopic (exact) mass is 355 g/mol. The smallest absolute Gasteiger partial charge is 0.416 e. The molecule has 6 heteroatoms. The van der Waals surface area contributed by atoms with E-state index in [1.54, 1.807) is 0 Å². The van der Waals surface area contributed by atoms with Crippen LogP contribution in [-0.2, 0) is 17.4 Å². The topological polar surface area (TPSA) is 49.7 Å². The van der Waals surface area contributed by atoms with Crippen molar-refractivity contribution in [2.45, 2.75) is 57.5 Å². The second-order valence-electron chi connectivity index (χ2n) is 6.57. The molecule has 1 saturated carbocycles. The van der Waals surface area contributed by atoms with E-state index in [2.05, 4.69) is 4.99 Å². The fourth-order valence-electron chi connectivity index (χ4n) is 3.23. The first-order chi connectivity index (χ1) is 11.9. The van der Waals surface area contributed by atoms with Gasteiger partial charge in [-0.25, -0.2) is 0 Å². The molecule has 0 spiro atoms. The van der Waals surface area contributed by atoms with Crippen LogP contribution in [0.4, 0.5) is 13.2 Å². The van der Waals surface area contributed by atoms with Gasteiger partial charge in [-0.1, -0.05) is 18.6 Å². The highest BCUT2D eigenvalue weighted by molar-refractivity contribution is 5.90. The van der Waals surface area contributed by atoms with Crippen LogP contribution in [0.15, 0.2) is 29.3 Å². The Morgan fingerprint density at radius 1 is 1.16 bits per heavy atom. The van der Waals surface area contributed by atoms with Gasteiger partial charge in [0.1, 0.15) is 0 Å². The summed E-state index contributed by atoms with van der Waals surface area (Å²) in [5.74, 6) is -0.705. The minimum Gasteiger partial charge on any atom is -0.481 e. The van der Waals surface area contributed by atoms with E-state index in [4.69, 9.17) is 5.11 Å². The summed E-state index contributed by atoms with van der Waals surface area (Å²) >= 11 is 0. The van der Waals surface area contributed by atoms with Gasteiger partial charge in [-0.3, -0.25) is 9.79 Å². The molecule has 138 valence electrons. The van der Waals surface area contributed by atoms with Gasteiger partial charge >= 0.3 is 12.1 Å². The fourth-order valence-corrected chi connectivity index (χ4v) is 3.23. The number of nitrogens with zero attached hydrogens (tertiary/aromatic N) is 1. The number of aryl methyl sites for hydroxylation is 1. The largest absolute Gasteiger partial charge is 0.481 e. The Kier molecular flexibility index (Phi) is 7.02. The van der Waals surface area contributed by atoms with Crippen molar-refractivity contribution in [3.05, 3.63) is 35.4 Å². The zero-order chi connectivity index (χ0) is 18.3. The number of rotatable bonds is 7. The zero-order valence-corrected chi connectivity index (χ0v) is 14.2. The van der Waals surface area contributed by atoms with Crippen LogP contribution in [0.3, 0.4) is 0 Å². The molecule has 0 aliphatic heterocycles. The molecule has 1 aliphatic rings. The third kappa shape index (κ3) is 6.52. The molecule has 2 rings (SSSR count). The first-order valence-corrected chi connectivity index (χ1v) is 8.77. The predicted molar refractivity (Wildman–Crippen MR) is 90.9 cm³/mol. The fraction of sp³-hybridized carbons (Fsp3) is 0.579. The Morgan fingerprint density at radius 2 is 1.88 bits per heavy atom. The van der Waals surface area contributed by atoms with Crippen molar-refractivity contribution in [3.8, 4) is 0 Å². The van der Waals surface area contributed by atoms with Gasteiger partial charge in [-0.05, 0) is 56.2 Å². The molecule has 0 saturated heterocycles. The predicted octanol–water partition coefficient (Wildman–Crippen LogP) is 5.13. The highest BCUT2D eigenvalue weighted by atomic mass is 19.4. The Bertz CT molecular complexity index is 594. The number of carbonyl (C=O) groups is 1. The number of halogens is 3. The first-order valence-electron chi connectivity index (χ1n) is 8.77. The SMILES string of the molecule is O=C(O)CC1CCCC/C1=N\CCCCc1ccc(C(F)(F)F)cc1. The summed E-state index contributed by atoms with van der Waals surface area (Å²) in [6.07, 6.45) is 2.21. The van der Waals surface area contributed by atoms with Crippen molar-refractivity contribution in [2.24, 2.45) is 10.9 Å². The molecule has 1 aromatic rings. The lowest BCUT2D eigenvalue weighted by molar-refractivity contribution is -0.138. The summed E-state index contributed by atoms with van der Waals surface area (Å²) in [7, 11) is 0. The van der Waals surface area contributed by atoms with Gasteiger partial charge in [0.15, 0.2) is 0 Å². The molecule has 1 fully saturated rings. The third-order valence-electron chi connectivity index (χ3n) is 4.60. The average molecular weight is 355 g/mol. The number of carboxylic acid groups (broad SMARTS) is 1. The molecule has 0 bridgehead atoms. The summed E-state index contributed by atoms with van der Waals surface area (Å²) in [4.78, 5) is 15.5. The number of aliphatic carboxylic acids is 1. The van der Waals surface area contributed by atoms with E-state index in [0.717, 1.165) is 68.4 Å². The Hall–Kier alpha value is -1.85. The lowest BCUT2D eigenvalue weighted by atomic mass is 9.85.